The lowest BCUT2D eigenvalue weighted by Gasteiger charge is -2.02. The molecule has 0 aliphatic rings. The number of nitrogens with two attached hydrogens (primary N) is 1. The molecular formula is C8H11IN2O. The summed E-state index contributed by atoms with van der Waals surface area (Å²) < 4.78 is 0. The third-order valence-corrected chi connectivity index (χ3v) is 1.60. The van der Waals surface area contributed by atoms with E-state index in [0.29, 0.717) is 11.3 Å². The van der Waals surface area contributed by atoms with Crippen molar-refractivity contribution in [2.75, 3.05) is 0 Å². The van der Waals surface area contributed by atoms with E-state index in [1.54, 1.807) is 19.2 Å². The lowest BCUT2D eigenvalue weighted by molar-refractivity contribution is 0.0998. The summed E-state index contributed by atoms with van der Waals surface area (Å²) in [6.45, 7) is 3.61. The zero-order valence-corrected chi connectivity index (χ0v) is 9.33. The highest BCUT2D eigenvalue weighted by Crippen LogP contribution is 2.08. The molecule has 0 fully saturated rings. The molecule has 66 valence electrons. The van der Waals surface area contributed by atoms with Crippen molar-refractivity contribution in [1.82, 2.24) is 4.98 Å². The molecule has 0 radical (unpaired) electrons. The molecule has 0 atom stereocenters. The van der Waals surface area contributed by atoms with Crippen molar-refractivity contribution in [1.29, 1.82) is 0 Å². The summed E-state index contributed by atoms with van der Waals surface area (Å²) in [5.74, 6) is -0.409. The van der Waals surface area contributed by atoms with Crippen molar-refractivity contribution < 1.29 is 4.79 Å². The Morgan fingerprint density at radius 3 is 2.42 bits per heavy atom. The highest BCUT2D eigenvalue weighted by atomic mass is 127. The first kappa shape index (κ1) is 11.4. The fourth-order valence-electron chi connectivity index (χ4n) is 1.07. The van der Waals surface area contributed by atoms with Gasteiger partial charge in [0.05, 0.1) is 11.3 Å². The van der Waals surface area contributed by atoms with E-state index in [-0.39, 0.29) is 24.0 Å². The fraction of sp³-hybridized carbons (Fsp3) is 0.250. The lowest BCUT2D eigenvalue weighted by atomic mass is 10.1. The zero-order chi connectivity index (χ0) is 8.43. The van der Waals surface area contributed by atoms with Crippen molar-refractivity contribution in [3.8, 4) is 0 Å². The van der Waals surface area contributed by atoms with Gasteiger partial charge in [-0.25, -0.2) is 0 Å². The maximum Gasteiger partial charge on any atom is 0.250 e. The second kappa shape index (κ2) is 4.39. The van der Waals surface area contributed by atoms with Gasteiger partial charge in [-0.05, 0) is 25.5 Å². The Labute approximate surface area is 88.4 Å². The number of carbonyl (C=O) groups is 1. The number of pyridine rings is 1. The van der Waals surface area contributed by atoms with E-state index in [2.05, 4.69) is 4.98 Å². The lowest BCUT2D eigenvalue weighted by Crippen LogP contribution is -2.15. The molecule has 1 amide bonds. The molecule has 0 aliphatic heterocycles. The van der Waals surface area contributed by atoms with Crippen LogP contribution in [0.4, 0.5) is 0 Å². The summed E-state index contributed by atoms with van der Waals surface area (Å²) >= 11 is 0. The van der Waals surface area contributed by atoms with Gasteiger partial charge in [-0.1, -0.05) is 0 Å². The SMILES string of the molecule is Cc1ccnc(C)c1C(N)=O.I. The van der Waals surface area contributed by atoms with E-state index >= 15 is 0 Å². The number of hydrogen-bond acceptors (Lipinski definition) is 2. The molecule has 0 spiro atoms. The van der Waals surface area contributed by atoms with Gasteiger partial charge in [0.1, 0.15) is 0 Å². The Hall–Kier alpha value is -0.650. The Morgan fingerprint density at radius 2 is 2.08 bits per heavy atom. The Balaban J connectivity index is 0.00000121. The van der Waals surface area contributed by atoms with Crippen LogP contribution < -0.4 is 5.73 Å². The van der Waals surface area contributed by atoms with Gasteiger partial charge in [-0.15, -0.1) is 24.0 Å². The largest absolute Gasteiger partial charge is 0.366 e. The van der Waals surface area contributed by atoms with Crippen molar-refractivity contribution in [2.24, 2.45) is 5.73 Å². The number of aryl methyl sites for hydroxylation is 2. The third kappa shape index (κ3) is 2.17. The summed E-state index contributed by atoms with van der Waals surface area (Å²) in [5, 5.41) is 0. The van der Waals surface area contributed by atoms with Gasteiger partial charge < -0.3 is 5.73 Å². The number of nitrogens with zero attached hydrogens (tertiary/aromatic N) is 1. The smallest absolute Gasteiger partial charge is 0.250 e. The van der Waals surface area contributed by atoms with Gasteiger partial charge in [-0.3, -0.25) is 9.78 Å². The third-order valence-electron chi connectivity index (χ3n) is 1.60. The number of amides is 1. The minimum absolute atomic E-state index is 0. The van der Waals surface area contributed by atoms with Crippen molar-refractivity contribution in [3.05, 3.63) is 29.1 Å². The van der Waals surface area contributed by atoms with Gasteiger partial charge in [0.2, 0.25) is 0 Å². The Bertz CT molecular complexity index is 279. The normalized spacial score (nSPS) is 8.83. The number of rotatable bonds is 1. The van der Waals surface area contributed by atoms with Crippen LogP contribution in [0.15, 0.2) is 12.3 Å². The maximum absolute atomic E-state index is 10.8. The molecule has 1 aromatic heterocycles. The van der Waals surface area contributed by atoms with Crippen molar-refractivity contribution in [2.45, 2.75) is 13.8 Å². The van der Waals surface area contributed by atoms with Crippen LogP contribution in [0.3, 0.4) is 0 Å². The first-order valence-corrected chi connectivity index (χ1v) is 3.35. The van der Waals surface area contributed by atoms with E-state index in [9.17, 15) is 4.79 Å². The molecule has 0 aromatic carbocycles. The van der Waals surface area contributed by atoms with Crippen molar-refractivity contribution >= 4 is 29.9 Å². The van der Waals surface area contributed by atoms with Crippen LogP contribution in [0.2, 0.25) is 0 Å². The molecule has 3 nitrogen and oxygen atoms in total. The molecule has 0 unspecified atom stereocenters. The minimum atomic E-state index is -0.409. The zero-order valence-electron chi connectivity index (χ0n) is 7.00. The van der Waals surface area contributed by atoms with E-state index in [4.69, 9.17) is 5.73 Å². The molecule has 12 heavy (non-hydrogen) atoms. The van der Waals surface area contributed by atoms with E-state index in [1.807, 2.05) is 6.92 Å². The van der Waals surface area contributed by atoms with E-state index < -0.39 is 5.91 Å². The number of aromatic nitrogens is 1. The van der Waals surface area contributed by atoms with E-state index in [1.165, 1.54) is 0 Å². The summed E-state index contributed by atoms with van der Waals surface area (Å²) in [5.41, 5.74) is 7.24. The number of hydrogen-bond donors (Lipinski definition) is 1. The Morgan fingerprint density at radius 1 is 1.50 bits per heavy atom. The van der Waals surface area contributed by atoms with Gasteiger partial charge in [0.25, 0.3) is 5.91 Å². The molecular weight excluding hydrogens is 267 g/mol. The summed E-state index contributed by atoms with van der Waals surface area (Å²) in [4.78, 5) is 14.8. The number of halogens is 1. The van der Waals surface area contributed by atoms with E-state index in [0.717, 1.165) is 5.56 Å². The standard InChI is InChI=1S/C8H10N2O.HI/c1-5-3-4-10-6(2)7(5)8(9)11;/h3-4H,1-2H3,(H2,9,11);1H. The second-order valence-electron chi connectivity index (χ2n) is 2.45. The first-order chi connectivity index (χ1) is 5.13. The summed E-state index contributed by atoms with van der Waals surface area (Å²) in [7, 11) is 0. The molecule has 0 saturated carbocycles. The highest BCUT2D eigenvalue weighted by Gasteiger charge is 2.07. The Kier molecular flexibility index (Phi) is 4.16. The molecule has 0 bridgehead atoms. The average molecular weight is 278 g/mol. The maximum atomic E-state index is 10.8. The highest BCUT2D eigenvalue weighted by molar-refractivity contribution is 14.0. The number of carbonyl (C=O) groups excluding carboxylic acids is 1. The molecule has 2 N–H and O–H groups in total. The quantitative estimate of drug-likeness (QED) is 0.790. The second-order valence-corrected chi connectivity index (χ2v) is 2.45. The topological polar surface area (TPSA) is 56.0 Å². The minimum Gasteiger partial charge on any atom is -0.366 e. The molecule has 1 rings (SSSR count). The van der Waals surface area contributed by atoms with Crippen LogP contribution in [-0.2, 0) is 0 Å². The predicted molar refractivity (Wildman–Crippen MR) is 57.6 cm³/mol. The van der Waals surface area contributed by atoms with Crippen LogP contribution >= 0.6 is 24.0 Å². The molecule has 0 aliphatic carbocycles. The van der Waals surface area contributed by atoms with Crippen LogP contribution in [0.1, 0.15) is 21.6 Å². The van der Waals surface area contributed by atoms with Crippen LogP contribution in [-0.4, -0.2) is 10.9 Å². The molecule has 4 heteroatoms. The van der Waals surface area contributed by atoms with Crippen LogP contribution in [0.5, 0.6) is 0 Å². The summed E-state index contributed by atoms with van der Waals surface area (Å²) in [6.07, 6.45) is 1.66. The monoisotopic (exact) mass is 278 g/mol. The van der Waals surface area contributed by atoms with Gasteiger partial charge in [-0.2, -0.15) is 0 Å². The van der Waals surface area contributed by atoms with Gasteiger partial charge in [0, 0.05) is 6.20 Å². The average Bonchev–Trinajstić information content (AvgIpc) is 1.85. The van der Waals surface area contributed by atoms with Gasteiger partial charge in [0.15, 0.2) is 0 Å². The van der Waals surface area contributed by atoms with Crippen LogP contribution in [0, 0.1) is 13.8 Å². The first-order valence-electron chi connectivity index (χ1n) is 3.35. The fourth-order valence-corrected chi connectivity index (χ4v) is 1.07. The van der Waals surface area contributed by atoms with Gasteiger partial charge >= 0.3 is 0 Å². The van der Waals surface area contributed by atoms with Crippen LogP contribution in [0.25, 0.3) is 0 Å². The molecule has 0 saturated heterocycles. The summed E-state index contributed by atoms with van der Waals surface area (Å²) in [6, 6.07) is 1.77. The van der Waals surface area contributed by atoms with Crippen molar-refractivity contribution in [3.63, 3.8) is 0 Å². The molecule has 1 heterocycles. The number of primary amides is 1. The predicted octanol–water partition coefficient (Wildman–Crippen LogP) is 1.42. The molecule has 1 aromatic rings.